The average Bonchev–Trinajstić information content (AvgIpc) is 1.87. The number of rotatable bonds is 3. The standard InChI is InChI=1S/C9H16O/c1-8(2)5-4-6-9(3)7-10/h4-6,9-10H,7H2,1-3H3/b6-4+. The van der Waals surface area contributed by atoms with E-state index in [4.69, 9.17) is 5.11 Å². The second kappa shape index (κ2) is 5.24. The molecule has 10 heavy (non-hydrogen) atoms. The number of allylic oxidation sites excluding steroid dienone is 3. The molecule has 0 amide bonds. The van der Waals surface area contributed by atoms with Crippen molar-refractivity contribution in [1.82, 2.24) is 0 Å². The van der Waals surface area contributed by atoms with E-state index >= 15 is 0 Å². The predicted octanol–water partition coefficient (Wildman–Crippen LogP) is 2.14. The first kappa shape index (κ1) is 9.44. The molecule has 1 heteroatoms. The summed E-state index contributed by atoms with van der Waals surface area (Å²) in [4.78, 5) is 0. The molecule has 0 radical (unpaired) electrons. The highest BCUT2D eigenvalue weighted by molar-refractivity contribution is 5.08. The van der Waals surface area contributed by atoms with Crippen molar-refractivity contribution < 1.29 is 5.11 Å². The van der Waals surface area contributed by atoms with Crippen molar-refractivity contribution in [3.8, 4) is 0 Å². The van der Waals surface area contributed by atoms with E-state index < -0.39 is 0 Å². The number of hydrogen-bond acceptors (Lipinski definition) is 1. The summed E-state index contributed by atoms with van der Waals surface area (Å²) in [6, 6.07) is 0. The molecular weight excluding hydrogens is 124 g/mol. The van der Waals surface area contributed by atoms with Crippen molar-refractivity contribution in [3.63, 3.8) is 0 Å². The maximum atomic E-state index is 8.63. The van der Waals surface area contributed by atoms with Crippen LogP contribution in [0.5, 0.6) is 0 Å². The minimum atomic E-state index is 0.229. The molecule has 0 saturated heterocycles. The Morgan fingerprint density at radius 1 is 1.50 bits per heavy atom. The maximum Gasteiger partial charge on any atom is 0.0491 e. The molecule has 0 rings (SSSR count). The van der Waals surface area contributed by atoms with Gasteiger partial charge in [0, 0.05) is 6.61 Å². The molecule has 0 saturated carbocycles. The third-order valence-electron chi connectivity index (χ3n) is 1.16. The maximum absolute atomic E-state index is 8.63. The lowest BCUT2D eigenvalue weighted by molar-refractivity contribution is 0.262. The van der Waals surface area contributed by atoms with Crippen molar-refractivity contribution in [1.29, 1.82) is 0 Å². The van der Waals surface area contributed by atoms with Crippen molar-refractivity contribution in [2.24, 2.45) is 5.92 Å². The van der Waals surface area contributed by atoms with Gasteiger partial charge in [0.1, 0.15) is 0 Å². The molecule has 0 bridgehead atoms. The lowest BCUT2D eigenvalue weighted by Crippen LogP contribution is -1.94. The minimum Gasteiger partial charge on any atom is -0.396 e. The summed E-state index contributed by atoms with van der Waals surface area (Å²) in [5.41, 5.74) is 1.28. The quantitative estimate of drug-likeness (QED) is 0.595. The highest BCUT2D eigenvalue weighted by atomic mass is 16.3. The number of hydrogen-bond donors (Lipinski definition) is 1. The summed E-state index contributed by atoms with van der Waals surface area (Å²) in [7, 11) is 0. The monoisotopic (exact) mass is 140 g/mol. The zero-order chi connectivity index (χ0) is 7.98. The summed E-state index contributed by atoms with van der Waals surface area (Å²) >= 11 is 0. The van der Waals surface area contributed by atoms with E-state index in [2.05, 4.69) is 0 Å². The van der Waals surface area contributed by atoms with Gasteiger partial charge in [-0.3, -0.25) is 0 Å². The highest BCUT2D eigenvalue weighted by Gasteiger charge is 1.88. The van der Waals surface area contributed by atoms with Crippen LogP contribution in [-0.2, 0) is 0 Å². The van der Waals surface area contributed by atoms with E-state index in [-0.39, 0.29) is 12.5 Å². The van der Waals surface area contributed by atoms with Gasteiger partial charge in [-0.25, -0.2) is 0 Å². The summed E-state index contributed by atoms with van der Waals surface area (Å²) in [5.74, 6) is 0.274. The Bertz CT molecular complexity index is 130. The molecule has 0 heterocycles. The molecular formula is C9H16O. The van der Waals surface area contributed by atoms with Crippen molar-refractivity contribution in [3.05, 3.63) is 23.8 Å². The van der Waals surface area contributed by atoms with Gasteiger partial charge in [0.2, 0.25) is 0 Å². The van der Waals surface area contributed by atoms with Gasteiger partial charge in [0.05, 0.1) is 0 Å². The van der Waals surface area contributed by atoms with Crippen molar-refractivity contribution in [2.45, 2.75) is 20.8 Å². The van der Waals surface area contributed by atoms with Gasteiger partial charge in [0.25, 0.3) is 0 Å². The molecule has 1 N–H and O–H groups in total. The Labute approximate surface area is 63.1 Å². The molecule has 0 aliphatic carbocycles. The third kappa shape index (κ3) is 5.57. The van der Waals surface area contributed by atoms with Crippen LogP contribution in [0.25, 0.3) is 0 Å². The summed E-state index contributed by atoms with van der Waals surface area (Å²) in [5, 5.41) is 8.63. The highest BCUT2D eigenvalue weighted by Crippen LogP contribution is 1.96. The van der Waals surface area contributed by atoms with Crippen LogP contribution < -0.4 is 0 Å². The van der Waals surface area contributed by atoms with Crippen LogP contribution in [0.2, 0.25) is 0 Å². The van der Waals surface area contributed by atoms with E-state index in [0.717, 1.165) is 0 Å². The molecule has 0 spiro atoms. The largest absolute Gasteiger partial charge is 0.396 e. The van der Waals surface area contributed by atoms with Crippen LogP contribution in [0.4, 0.5) is 0 Å². The predicted molar refractivity (Wildman–Crippen MR) is 44.8 cm³/mol. The van der Waals surface area contributed by atoms with Crippen LogP contribution in [-0.4, -0.2) is 11.7 Å². The van der Waals surface area contributed by atoms with Gasteiger partial charge in [-0.05, 0) is 19.8 Å². The molecule has 0 aliphatic heterocycles. The Morgan fingerprint density at radius 3 is 2.50 bits per heavy atom. The first-order chi connectivity index (χ1) is 4.66. The Morgan fingerprint density at radius 2 is 2.10 bits per heavy atom. The molecule has 1 atom stereocenters. The fourth-order valence-corrected chi connectivity index (χ4v) is 0.499. The number of aliphatic hydroxyl groups excluding tert-OH is 1. The van der Waals surface area contributed by atoms with E-state index in [1.165, 1.54) is 5.57 Å². The lowest BCUT2D eigenvalue weighted by atomic mass is 10.2. The van der Waals surface area contributed by atoms with Crippen molar-refractivity contribution in [2.75, 3.05) is 6.61 Å². The first-order valence-corrected chi connectivity index (χ1v) is 3.59. The van der Waals surface area contributed by atoms with Gasteiger partial charge in [0.15, 0.2) is 0 Å². The lowest BCUT2D eigenvalue weighted by Gasteiger charge is -1.96. The number of aliphatic hydroxyl groups is 1. The topological polar surface area (TPSA) is 20.2 Å². The summed E-state index contributed by atoms with van der Waals surface area (Å²) < 4.78 is 0. The minimum absolute atomic E-state index is 0.229. The second-order valence-corrected chi connectivity index (χ2v) is 2.79. The van der Waals surface area contributed by atoms with Crippen molar-refractivity contribution >= 4 is 0 Å². The van der Waals surface area contributed by atoms with Gasteiger partial charge in [-0.15, -0.1) is 0 Å². The fraction of sp³-hybridized carbons (Fsp3) is 0.556. The van der Waals surface area contributed by atoms with Gasteiger partial charge < -0.3 is 5.11 Å². The van der Waals surface area contributed by atoms with Crippen LogP contribution in [0, 0.1) is 5.92 Å². The zero-order valence-electron chi connectivity index (χ0n) is 6.96. The fourth-order valence-electron chi connectivity index (χ4n) is 0.499. The van der Waals surface area contributed by atoms with Gasteiger partial charge in [-0.2, -0.15) is 0 Å². The SMILES string of the molecule is CC(C)=C/C=C/C(C)CO. The molecule has 0 aromatic carbocycles. The van der Waals surface area contributed by atoms with Crippen LogP contribution in [0.15, 0.2) is 23.8 Å². The smallest absolute Gasteiger partial charge is 0.0491 e. The molecule has 0 aromatic rings. The molecule has 0 aliphatic rings. The Balaban J connectivity index is 3.66. The van der Waals surface area contributed by atoms with E-state index in [9.17, 15) is 0 Å². The Kier molecular flexibility index (Phi) is 4.95. The van der Waals surface area contributed by atoms with E-state index in [1.807, 2.05) is 39.0 Å². The second-order valence-electron chi connectivity index (χ2n) is 2.79. The van der Waals surface area contributed by atoms with E-state index in [0.29, 0.717) is 0 Å². The molecule has 58 valence electrons. The van der Waals surface area contributed by atoms with Gasteiger partial charge >= 0.3 is 0 Å². The average molecular weight is 140 g/mol. The summed E-state index contributed by atoms with van der Waals surface area (Å²) in [6.07, 6.45) is 6.01. The van der Waals surface area contributed by atoms with Crippen LogP contribution in [0.3, 0.4) is 0 Å². The molecule has 1 unspecified atom stereocenters. The molecule has 1 nitrogen and oxygen atoms in total. The molecule has 0 fully saturated rings. The Hall–Kier alpha value is -0.560. The third-order valence-corrected chi connectivity index (χ3v) is 1.16. The van der Waals surface area contributed by atoms with Crippen LogP contribution in [0.1, 0.15) is 20.8 Å². The first-order valence-electron chi connectivity index (χ1n) is 3.59. The molecule has 0 aromatic heterocycles. The van der Waals surface area contributed by atoms with Gasteiger partial charge in [-0.1, -0.05) is 30.7 Å². The normalized spacial score (nSPS) is 13.6. The van der Waals surface area contributed by atoms with E-state index in [1.54, 1.807) is 0 Å². The zero-order valence-corrected chi connectivity index (χ0v) is 6.96. The van der Waals surface area contributed by atoms with Crippen LogP contribution >= 0.6 is 0 Å². The summed E-state index contributed by atoms with van der Waals surface area (Å²) in [6.45, 7) is 6.31.